The second-order valence-electron chi connectivity index (χ2n) is 7.06. The van der Waals surface area contributed by atoms with Crippen molar-refractivity contribution in [1.29, 1.82) is 0 Å². The molecule has 6 nitrogen and oxygen atoms in total. The highest BCUT2D eigenvalue weighted by Gasteiger charge is 2.44. The largest absolute Gasteiger partial charge is 0.373 e. The number of carbonyl (C=O) groups excluding carboxylic acids is 2. The minimum absolute atomic E-state index is 0.00635. The zero-order valence-corrected chi connectivity index (χ0v) is 14.3. The highest BCUT2D eigenvalue weighted by Crippen LogP contribution is 2.36. The summed E-state index contributed by atoms with van der Waals surface area (Å²) >= 11 is 0. The maximum Gasteiger partial charge on any atom is 0.270 e. The first-order chi connectivity index (χ1) is 11.5. The van der Waals surface area contributed by atoms with Gasteiger partial charge in [-0.3, -0.25) is 14.6 Å². The number of nitrogens with one attached hydrogen (secondary N) is 1. The Kier molecular flexibility index (Phi) is 4.85. The van der Waals surface area contributed by atoms with Crippen LogP contribution < -0.4 is 5.32 Å². The van der Waals surface area contributed by atoms with Crippen LogP contribution in [0.5, 0.6) is 0 Å². The van der Waals surface area contributed by atoms with Crippen LogP contribution in [-0.2, 0) is 9.53 Å². The monoisotopic (exact) mass is 331 g/mol. The van der Waals surface area contributed by atoms with Crippen molar-refractivity contribution in [3.8, 4) is 0 Å². The molecule has 2 aliphatic rings. The highest BCUT2D eigenvalue weighted by atomic mass is 16.5. The minimum atomic E-state index is -0.199. The van der Waals surface area contributed by atoms with Gasteiger partial charge in [0.25, 0.3) is 5.91 Å². The van der Waals surface area contributed by atoms with Crippen LogP contribution in [0.25, 0.3) is 0 Å². The van der Waals surface area contributed by atoms with E-state index in [1.165, 1.54) is 0 Å². The third-order valence-corrected chi connectivity index (χ3v) is 4.92. The molecule has 1 aromatic rings. The highest BCUT2D eigenvalue weighted by molar-refractivity contribution is 5.92. The average molecular weight is 331 g/mol. The van der Waals surface area contributed by atoms with Crippen LogP contribution >= 0.6 is 0 Å². The molecule has 0 saturated carbocycles. The van der Waals surface area contributed by atoms with Gasteiger partial charge in [0.2, 0.25) is 5.91 Å². The molecule has 2 amide bonds. The molecule has 3 heterocycles. The zero-order chi connectivity index (χ0) is 17.2. The molecular formula is C18H25N3O3. The van der Waals surface area contributed by atoms with E-state index in [4.69, 9.17) is 4.74 Å². The number of carbonyl (C=O) groups is 2. The first-order valence-corrected chi connectivity index (χ1v) is 8.64. The summed E-state index contributed by atoms with van der Waals surface area (Å²) in [6, 6.07) is 5.30. The Morgan fingerprint density at radius 3 is 2.71 bits per heavy atom. The number of ether oxygens (including phenoxy) is 1. The number of likely N-dealkylation sites (tertiary alicyclic amines) is 1. The van der Waals surface area contributed by atoms with Gasteiger partial charge in [-0.05, 0) is 31.4 Å². The Bertz CT molecular complexity index is 595. The summed E-state index contributed by atoms with van der Waals surface area (Å²) < 4.78 is 6.05. The molecular weight excluding hydrogens is 306 g/mol. The predicted octanol–water partition coefficient (Wildman–Crippen LogP) is 1.62. The third-order valence-electron chi connectivity index (χ3n) is 4.92. The van der Waals surface area contributed by atoms with Crippen LogP contribution in [0.4, 0.5) is 0 Å². The maximum absolute atomic E-state index is 12.2. The van der Waals surface area contributed by atoms with Gasteiger partial charge in [0, 0.05) is 25.2 Å². The molecule has 3 rings (SSSR count). The van der Waals surface area contributed by atoms with E-state index in [2.05, 4.69) is 10.3 Å². The van der Waals surface area contributed by atoms with Gasteiger partial charge in [-0.2, -0.15) is 0 Å². The summed E-state index contributed by atoms with van der Waals surface area (Å²) in [5.41, 5.74) is 0.228. The van der Waals surface area contributed by atoms with E-state index in [-0.39, 0.29) is 29.4 Å². The van der Waals surface area contributed by atoms with Gasteiger partial charge in [0.1, 0.15) is 5.69 Å². The third kappa shape index (κ3) is 3.59. The van der Waals surface area contributed by atoms with E-state index in [0.29, 0.717) is 12.3 Å². The van der Waals surface area contributed by atoms with Crippen LogP contribution in [0.2, 0.25) is 0 Å². The Morgan fingerprint density at radius 1 is 1.33 bits per heavy atom. The zero-order valence-electron chi connectivity index (χ0n) is 14.3. The van der Waals surface area contributed by atoms with Crippen molar-refractivity contribution < 1.29 is 14.3 Å². The van der Waals surface area contributed by atoms with Gasteiger partial charge >= 0.3 is 0 Å². The van der Waals surface area contributed by atoms with Crippen LogP contribution in [0.3, 0.4) is 0 Å². The topological polar surface area (TPSA) is 71.5 Å². The van der Waals surface area contributed by atoms with Gasteiger partial charge in [0.05, 0.1) is 18.2 Å². The summed E-state index contributed by atoms with van der Waals surface area (Å²) in [5.74, 6) is 0.0884. The molecule has 2 fully saturated rings. The molecule has 1 N–H and O–H groups in total. The van der Waals surface area contributed by atoms with Crippen molar-refractivity contribution in [2.45, 2.75) is 44.8 Å². The molecule has 6 heteroatoms. The summed E-state index contributed by atoms with van der Waals surface area (Å²) in [6.07, 6.45) is 4.08. The number of hydrogen-bond donors (Lipinski definition) is 1. The van der Waals surface area contributed by atoms with Crippen molar-refractivity contribution in [2.24, 2.45) is 5.92 Å². The first kappa shape index (κ1) is 16.9. The lowest BCUT2D eigenvalue weighted by Crippen LogP contribution is -2.48. The number of piperidine rings is 1. The lowest BCUT2D eigenvalue weighted by Gasteiger charge is -2.39. The van der Waals surface area contributed by atoms with Gasteiger partial charge < -0.3 is 15.0 Å². The summed E-state index contributed by atoms with van der Waals surface area (Å²) in [6.45, 7) is 5.86. The number of rotatable bonds is 3. The summed E-state index contributed by atoms with van der Waals surface area (Å²) in [4.78, 5) is 30.3. The quantitative estimate of drug-likeness (QED) is 0.913. The molecule has 2 aliphatic heterocycles. The van der Waals surface area contributed by atoms with Gasteiger partial charge in [-0.15, -0.1) is 0 Å². The lowest BCUT2D eigenvalue weighted by molar-refractivity contribution is -0.139. The second kappa shape index (κ2) is 6.89. The SMILES string of the molecule is CC(C)C(=O)N1CCC2(CC1)C[C@@H](NC(=O)c1ccccn1)CO2. The maximum atomic E-state index is 12.2. The van der Waals surface area contributed by atoms with E-state index in [1.54, 1.807) is 24.4 Å². The molecule has 24 heavy (non-hydrogen) atoms. The Labute approximate surface area is 142 Å². The van der Waals surface area contributed by atoms with E-state index in [9.17, 15) is 9.59 Å². The van der Waals surface area contributed by atoms with Crippen molar-refractivity contribution in [3.63, 3.8) is 0 Å². The standard InChI is InChI=1S/C18H25N3O3/c1-13(2)17(23)21-9-6-18(7-10-21)11-14(12-24-18)20-16(22)15-5-3-4-8-19-15/h3-5,8,13-14H,6-7,9-12H2,1-2H3,(H,20,22)/t14-/m1/s1. The number of aromatic nitrogens is 1. The van der Waals surface area contributed by atoms with Crippen molar-refractivity contribution in [1.82, 2.24) is 15.2 Å². The van der Waals surface area contributed by atoms with E-state index < -0.39 is 0 Å². The van der Waals surface area contributed by atoms with Crippen LogP contribution in [0.1, 0.15) is 43.6 Å². The fourth-order valence-electron chi connectivity index (χ4n) is 3.54. The second-order valence-corrected chi connectivity index (χ2v) is 7.06. The van der Waals surface area contributed by atoms with Gasteiger partial charge in [-0.25, -0.2) is 0 Å². The number of pyridine rings is 1. The average Bonchev–Trinajstić information content (AvgIpc) is 2.98. The molecule has 1 atom stereocenters. The lowest BCUT2D eigenvalue weighted by atomic mass is 9.87. The van der Waals surface area contributed by atoms with E-state index >= 15 is 0 Å². The van der Waals surface area contributed by atoms with Crippen molar-refractivity contribution >= 4 is 11.8 Å². The number of amides is 2. The van der Waals surface area contributed by atoms with Crippen molar-refractivity contribution in [2.75, 3.05) is 19.7 Å². The summed E-state index contributed by atoms with van der Waals surface area (Å²) in [7, 11) is 0. The molecule has 1 aromatic heterocycles. The molecule has 0 bridgehead atoms. The van der Waals surface area contributed by atoms with E-state index in [1.807, 2.05) is 18.7 Å². The fourth-order valence-corrected chi connectivity index (χ4v) is 3.54. The summed E-state index contributed by atoms with van der Waals surface area (Å²) in [5, 5.41) is 3.01. The predicted molar refractivity (Wildman–Crippen MR) is 89.4 cm³/mol. The van der Waals surface area contributed by atoms with Crippen LogP contribution in [0.15, 0.2) is 24.4 Å². The number of nitrogens with zero attached hydrogens (tertiary/aromatic N) is 2. The molecule has 0 radical (unpaired) electrons. The molecule has 0 aromatic carbocycles. The molecule has 130 valence electrons. The Morgan fingerprint density at radius 2 is 2.08 bits per heavy atom. The first-order valence-electron chi connectivity index (χ1n) is 8.64. The van der Waals surface area contributed by atoms with E-state index in [0.717, 1.165) is 32.4 Å². The number of hydrogen-bond acceptors (Lipinski definition) is 4. The van der Waals surface area contributed by atoms with Gasteiger partial charge in [-0.1, -0.05) is 19.9 Å². The molecule has 0 aliphatic carbocycles. The van der Waals surface area contributed by atoms with Gasteiger partial charge in [0.15, 0.2) is 0 Å². The Balaban J connectivity index is 1.53. The Hall–Kier alpha value is -1.95. The van der Waals surface area contributed by atoms with Crippen LogP contribution in [-0.4, -0.2) is 53.0 Å². The normalized spacial score (nSPS) is 22.8. The minimum Gasteiger partial charge on any atom is -0.373 e. The molecule has 0 unspecified atom stereocenters. The molecule has 1 spiro atoms. The van der Waals surface area contributed by atoms with Crippen LogP contribution in [0, 0.1) is 5.92 Å². The fraction of sp³-hybridized carbons (Fsp3) is 0.611. The molecule has 2 saturated heterocycles. The van der Waals surface area contributed by atoms with Crippen molar-refractivity contribution in [3.05, 3.63) is 30.1 Å². The smallest absolute Gasteiger partial charge is 0.270 e.